The summed E-state index contributed by atoms with van der Waals surface area (Å²) in [6.07, 6.45) is 4.11. The van der Waals surface area contributed by atoms with E-state index in [1.54, 1.807) is 21.1 Å². The van der Waals surface area contributed by atoms with Crippen molar-refractivity contribution in [2.24, 2.45) is 5.92 Å². The first-order valence-corrected chi connectivity index (χ1v) is 8.46. The molecule has 1 unspecified atom stereocenters. The van der Waals surface area contributed by atoms with Gasteiger partial charge >= 0.3 is 0 Å². The minimum Gasteiger partial charge on any atom is -0.496 e. The van der Waals surface area contributed by atoms with E-state index in [1.165, 1.54) is 5.57 Å². The summed E-state index contributed by atoms with van der Waals surface area (Å²) in [5.41, 5.74) is 3.69. The highest BCUT2D eigenvalue weighted by molar-refractivity contribution is 5.99. The SMILES string of the molecule is CCCc1cc(C(C)=N)c(OC)cc1OCC(C=C(C)C)COC. The zero-order chi connectivity index (χ0) is 18.1. The minimum atomic E-state index is 0.213. The Balaban J connectivity index is 3.07. The van der Waals surface area contributed by atoms with Gasteiger partial charge in [0.25, 0.3) is 0 Å². The Morgan fingerprint density at radius 3 is 2.33 bits per heavy atom. The van der Waals surface area contributed by atoms with Crippen molar-refractivity contribution in [2.45, 2.75) is 40.5 Å². The Morgan fingerprint density at radius 2 is 1.83 bits per heavy atom. The molecule has 1 aromatic carbocycles. The molecule has 1 atom stereocenters. The average molecular weight is 333 g/mol. The van der Waals surface area contributed by atoms with Crippen molar-refractivity contribution in [3.05, 3.63) is 34.9 Å². The van der Waals surface area contributed by atoms with Crippen LogP contribution in [-0.4, -0.2) is 33.1 Å². The Bertz CT molecular complexity index is 574. The van der Waals surface area contributed by atoms with Crippen LogP contribution in [0.3, 0.4) is 0 Å². The highest BCUT2D eigenvalue weighted by Crippen LogP contribution is 2.31. The van der Waals surface area contributed by atoms with Crippen LogP contribution in [0.2, 0.25) is 0 Å². The molecule has 0 fully saturated rings. The standard InChI is InChI=1S/C20H31NO3/c1-7-8-17-10-18(15(4)21)20(23-6)11-19(17)24-13-16(12-22-5)9-14(2)3/h9-11,16,21H,7-8,12-13H2,1-6H3. The molecule has 4 nitrogen and oxygen atoms in total. The molecule has 1 rings (SSSR count). The summed E-state index contributed by atoms with van der Waals surface area (Å²) >= 11 is 0. The van der Waals surface area contributed by atoms with E-state index in [9.17, 15) is 0 Å². The van der Waals surface area contributed by atoms with Crippen LogP contribution in [0.5, 0.6) is 11.5 Å². The highest BCUT2D eigenvalue weighted by Gasteiger charge is 2.14. The van der Waals surface area contributed by atoms with Crippen molar-refractivity contribution in [3.8, 4) is 11.5 Å². The van der Waals surface area contributed by atoms with Crippen molar-refractivity contribution in [1.29, 1.82) is 5.41 Å². The molecule has 4 heteroatoms. The van der Waals surface area contributed by atoms with Crippen molar-refractivity contribution in [3.63, 3.8) is 0 Å². The van der Waals surface area contributed by atoms with Crippen LogP contribution >= 0.6 is 0 Å². The Labute approximate surface area is 146 Å². The Hall–Kier alpha value is -1.81. The second-order valence-electron chi connectivity index (χ2n) is 6.31. The van der Waals surface area contributed by atoms with Crippen molar-refractivity contribution in [2.75, 3.05) is 27.4 Å². The molecule has 0 aliphatic carbocycles. The summed E-state index contributed by atoms with van der Waals surface area (Å²) in [7, 11) is 3.33. The predicted molar refractivity (Wildman–Crippen MR) is 99.8 cm³/mol. The highest BCUT2D eigenvalue weighted by atomic mass is 16.5. The number of hydrogen-bond donors (Lipinski definition) is 1. The van der Waals surface area contributed by atoms with Crippen LogP contribution < -0.4 is 9.47 Å². The van der Waals surface area contributed by atoms with E-state index in [1.807, 2.05) is 12.1 Å². The summed E-state index contributed by atoms with van der Waals surface area (Å²) in [5.74, 6) is 1.73. The molecular formula is C20H31NO3. The normalized spacial score (nSPS) is 11.8. The molecule has 0 radical (unpaired) electrons. The Kier molecular flexibility index (Phi) is 8.55. The van der Waals surface area contributed by atoms with Gasteiger partial charge in [-0.3, -0.25) is 0 Å². The molecule has 0 aliphatic heterocycles. The number of rotatable bonds is 10. The predicted octanol–water partition coefficient (Wildman–Crippen LogP) is 4.64. The third kappa shape index (κ3) is 6.00. The number of methoxy groups -OCH3 is 2. The second kappa shape index (κ2) is 10.1. The summed E-state index contributed by atoms with van der Waals surface area (Å²) in [4.78, 5) is 0. The lowest BCUT2D eigenvalue weighted by Crippen LogP contribution is -2.16. The maximum absolute atomic E-state index is 7.94. The lowest BCUT2D eigenvalue weighted by atomic mass is 10.0. The maximum Gasteiger partial charge on any atom is 0.131 e. The zero-order valence-electron chi connectivity index (χ0n) is 15.9. The topological polar surface area (TPSA) is 51.5 Å². The van der Waals surface area contributed by atoms with E-state index >= 15 is 0 Å². The number of ether oxygens (including phenoxy) is 3. The van der Waals surface area contributed by atoms with Crippen molar-refractivity contribution in [1.82, 2.24) is 0 Å². The summed E-state index contributed by atoms with van der Waals surface area (Å²) in [6.45, 7) is 9.26. The number of allylic oxidation sites excluding steroid dienone is 1. The molecule has 0 heterocycles. The molecule has 0 aliphatic rings. The van der Waals surface area contributed by atoms with Gasteiger partial charge in [0.2, 0.25) is 0 Å². The molecule has 1 N–H and O–H groups in total. The van der Waals surface area contributed by atoms with Gasteiger partial charge in [-0.1, -0.05) is 25.0 Å². The first-order chi connectivity index (χ1) is 11.4. The van der Waals surface area contributed by atoms with E-state index in [0.717, 1.165) is 29.7 Å². The van der Waals surface area contributed by atoms with Gasteiger partial charge in [0.1, 0.15) is 11.5 Å². The molecule has 1 aromatic rings. The quantitative estimate of drug-likeness (QED) is 0.501. The zero-order valence-corrected chi connectivity index (χ0v) is 15.9. The molecule has 0 bridgehead atoms. The van der Waals surface area contributed by atoms with Crippen molar-refractivity contribution < 1.29 is 14.2 Å². The molecule has 0 saturated heterocycles. The van der Waals surface area contributed by atoms with Gasteiger partial charge in [-0.15, -0.1) is 0 Å². The van der Waals surface area contributed by atoms with E-state index in [-0.39, 0.29) is 5.92 Å². The van der Waals surface area contributed by atoms with Crippen LogP contribution in [0.4, 0.5) is 0 Å². The molecule has 0 spiro atoms. The van der Waals surface area contributed by atoms with Crippen LogP contribution in [0.15, 0.2) is 23.8 Å². The van der Waals surface area contributed by atoms with Gasteiger partial charge < -0.3 is 19.6 Å². The average Bonchev–Trinajstić information content (AvgIpc) is 2.52. The second-order valence-corrected chi connectivity index (χ2v) is 6.31. The largest absolute Gasteiger partial charge is 0.496 e. The van der Waals surface area contributed by atoms with E-state index < -0.39 is 0 Å². The smallest absolute Gasteiger partial charge is 0.131 e. The van der Waals surface area contributed by atoms with Crippen LogP contribution in [-0.2, 0) is 11.2 Å². The van der Waals surface area contributed by atoms with E-state index in [0.29, 0.717) is 24.7 Å². The van der Waals surface area contributed by atoms with E-state index in [4.69, 9.17) is 19.6 Å². The first-order valence-electron chi connectivity index (χ1n) is 8.46. The monoisotopic (exact) mass is 333 g/mol. The molecule has 0 amide bonds. The molecule has 134 valence electrons. The van der Waals surface area contributed by atoms with Gasteiger partial charge in [0.15, 0.2) is 0 Å². The first kappa shape index (κ1) is 20.2. The van der Waals surface area contributed by atoms with Gasteiger partial charge in [0.05, 0.1) is 20.3 Å². The third-order valence-corrected chi connectivity index (χ3v) is 3.71. The molecule has 0 aromatic heterocycles. The van der Waals surface area contributed by atoms with Gasteiger partial charge in [-0.2, -0.15) is 0 Å². The van der Waals surface area contributed by atoms with Crippen molar-refractivity contribution >= 4 is 5.71 Å². The van der Waals surface area contributed by atoms with Crippen LogP contribution in [0, 0.1) is 11.3 Å². The molecular weight excluding hydrogens is 302 g/mol. The lowest BCUT2D eigenvalue weighted by Gasteiger charge is -2.19. The lowest BCUT2D eigenvalue weighted by molar-refractivity contribution is 0.138. The molecule has 24 heavy (non-hydrogen) atoms. The number of aryl methyl sites for hydroxylation is 1. The van der Waals surface area contributed by atoms with Gasteiger partial charge in [0, 0.05) is 30.4 Å². The fourth-order valence-electron chi connectivity index (χ4n) is 2.69. The minimum absolute atomic E-state index is 0.213. The summed E-state index contributed by atoms with van der Waals surface area (Å²) in [5, 5.41) is 7.94. The fraction of sp³-hybridized carbons (Fsp3) is 0.550. The van der Waals surface area contributed by atoms with Gasteiger partial charge in [-0.25, -0.2) is 0 Å². The van der Waals surface area contributed by atoms with Crippen LogP contribution in [0.25, 0.3) is 0 Å². The van der Waals surface area contributed by atoms with E-state index in [2.05, 4.69) is 26.8 Å². The summed E-state index contributed by atoms with van der Waals surface area (Å²) in [6, 6.07) is 3.93. The fourth-order valence-corrected chi connectivity index (χ4v) is 2.69. The number of nitrogens with one attached hydrogen (secondary N) is 1. The third-order valence-electron chi connectivity index (χ3n) is 3.71. The van der Waals surface area contributed by atoms with Crippen LogP contribution in [0.1, 0.15) is 45.2 Å². The number of benzene rings is 1. The van der Waals surface area contributed by atoms with Gasteiger partial charge in [-0.05, 0) is 38.8 Å². The number of hydrogen-bond acceptors (Lipinski definition) is 4. The maximum atomic E-state index is 7.94. The Morgan fingerprint density at radius 1 is 1.12 bits per heavy atom. The molecule has 0 saturated carbocycles. The summed E-state index contributed by atoms with van der Waals surface area (Å²) < 4.78 is 16.8.